The van der Waals surface area contributed by atoms with Crippen molar-refractivity contribution in [3.05, 3.63) is 12.4 Å². The highest BCUT2D eigenvalue weighted by atomic mass is 16.1. The molecule has 3 saturated carbocycles. The molecule has 5 atom stereocenters. The number of nitrogens with one attached hydrogen (secondary N) is 2. The molecule has 21 heavy (non-hydrogen) atoms. The predicted molar refractivity (Wildman–Crippen MR) is 80.7 cm³/mol. The molecule has 5 nitrogen and oxygen atoms in total. The minimum absolute atomic E-state index is 0.0154. The Morgan fingerprint density at radius 3 is 3.05 bits per heavy atom. The van der Waals surface area contributed by atoms with E-state index in [1.54, 1.807) is 11.7 Å². The summed E-state index contributed by atoms with van der Waals surface area (Å²) < 4.78 is 1.70. The fourth-order valence-corrected chi connectivity index (χ4v) is 5.20. The molecule has 0 aliphatic heterocycles. The number of nitrogens with zero attached hydrogens (tertiary/aromatic N) is 2. The van der Waals surface area contributed by atoms with Gasteiger partial charge in [-0.2, -0.15) is 5.10 Å². The second-order valence-electron chi connectivity index (χ2n) is 7.00. The molecule has 5 heteroatoms. The van der Waals surface area contributed by atoms with Crippen LogP contribution in [0.15, 0.2) is 12.4 Å². The van der Waals surface area contributed by atoms with E-state index >= 15 is 0 Å². The van der Waals surface area contributed by atoms with E-state index in [2.05, 4.69) is 15.7 Å². The normalized spacial score (nSPS) is 36.7. The SMILES string of the molecule is CNC(=O)Cn1cc(NC2CC3CC2C2CCCC32)cn1. The van der Waals surface area contributed by atoms with Crippen LogP contribution in [0.3, 0.4) is 0 Å². The van der Waals surface area contributed by atoms with Crippen molar-refractivity contribution < 1.29 is 4.79 Å². The van der Waals surface area contributed by atoms with E-state index in [0.717, 1.165) is 29.4 Å². The van der Waals surface area contributed by atoms with Crippen molar-refractivity contribution in [2.24, 2.45) is 23.7 Å². The Labute approximate surface area is 125 Å². The Hall–Kier alpha value is -1.52. The Morgan fingerprint density at radius 2 is 2.19 bits per heavy atom. The number of anilines is 1. The van der Waals surface area contributed by atoms with E-state index in [1.807, 2.05) is 12.4 Å². The van der Waals surface area contributed by atoms with Gasteiger partial charge in [-0.3, -0.25) is 9.48 Å². The summed E-state index contributed by atoms with van der Waals surface area (Å²) in [5.74, 6) is 3.82. The molecule has 2 bridgehead atoms. The van der Waals surface area contributed by atoms with Crippen LogP contribution >= 0.6 is 0 Å². The Morgan fingerprint density at radius 1 is 1.33 bits per heavy atom. The first-order chi connectivity index (χ1) is 10.2. The average molecular weight is 288 g/mol. The van der Waals surface area contributed by atoms with Gasteiger partial charge in [0.2, 0.25) is 5.91 Å². The average Bonchev–Trinajstić information content (AvgIpc) is 3.19. The molecule has 4 rings (SSSR count). The maximum absolute atomic E-state index is 11.4. The van der Waals surface area contributed by atoms with Crippen LogP contribution in [0.4, 0.5) is 5.69 Å². The summed E-state index contributed by atoms with van der Waals surface area (Å²) in [5, 5.41) is 10.6. The molecule has 3 fully saturated rings. The molecule has 0 radical (unpaired) electrons. The van der Waals surface area contributed by atoms with Gasteiger partial charge in [0, 0.05) is 19.3 Å². The van der Waals surface area contributed by atoms with Gasteiger partial charge in [0.05, 0.1) is 11.9 Å². The molecule has 0 spiro atoms. The minimum Gasteiger partial charge on any atom is -0.379 e. The van der Waals surface area contributed by atoms with Crippen molar-refractivity contribution in [3.63, 3.8) is 0 Å². The number of amides is 1. The van der Waals surface area contributed by atoms with Crippen molar-refractivity contribution in [3.8, 4) is 0 Å². The first kappa shape index (κ1) is 13.2. The summed E-state index contributed by atoms with van der Waals surface area (Å²) in [6.45, 7) is 0.291. The molecule has 3 aliphatic carbocycles. The van der Waals surface area contributed by atoms with Gasteiger partial charge in [0.15, 0.2) is 0 Å². The van der Waals surface area contributed by atoms with Crippen molar-refractivity contribution in [1.82, 2.24) is 15.1 Å². The van der Waals surface area contributed by atoms with Crippen LogP contribution in [0.5, 0.6) is 0 Å². The molecule has 1 amide bonds. The molecule has 1 aromatic heterocycles. The van der Waals surface area contributed by atoms with Crippen molar-refractivity contribution in [2.45, 2.75) is 44.7 Å². The van der Waals surface area contributed by atoms with Crippen LogP contribution in [0.2, 0.25) is 0 Å². The van der Waals surface area contributed by atoms with Crippen LogP contribution in [0.1, 0.15) is 32.1 Å². The Bertz CT molecular complexity index is 540. The lowest BCUT2D eigenvalue weighted by molar-refractivity contribution is -0.121. The van der Waals surface area contributed by atoms with Crippen molar-refractivity contribution >= 4 is 11.6 Å². The zero-order chi connectivity index (χ0) is 14.4. The van der Waals surface area contributed by atoms with Gasteiger partial charge in [-0.05, 0) is 49.4 Å². The Kier molecular flexibility index (Phi) is 3.16. The van der Waals surface area contributed by atoms with Gasteiger partial charge in [-0.15, -0.1) is 0 Å². The highest BCUT2D eigenvalue weighted by molar-refractivity contribution is 5.75. The summed E-state index contributed by atoms with van der Waals surface area (Å²) in [4.78, 5) is 11.4. The van der Waals surface area contributed by atoms with Gasteiger partial charge in [0.1, 0.15) is 6.54 Å². The smallest absolute Gasteiger partial charge is 0.241 e. The fraction of sp³-hybridized carbons (Fsp3) is 0.750. The largest absolute Gasteiger partial charge is 0.379 e. The lowest BCUT2D eigenvalue weighted by Crippen LogP contribution is -2.33. The lowest BCUT2D eigenvalue weighted by atomic mass is 9.79. The fourth-order valence-electron chi connectivity index (χ4n) is 5.20. The number of aromatic nitrogens is 2. The molecule has 1 aromatic rings. The molecule has 0 saturated heterocycles. The lowest BCUT2D eigenvalue weighted by Gasteiger charge is -2.32. The van der Waals surface area contributed by atoms with E-state index < -0.39 is 0 Å². The maximum Gasteiger partial charge on any atom is 0.241 e. The molecule has 1 heterocycles. The second-order valence-corrected chi connectivity index (χ2v) is 7.00. The third kappa shape index (κ3) is 2.23. The Balaban J connectivity index is 1.40. The number of fused-ring (bicyclic) bond motifs is 5. The molecule has 114 valence electrons. The molecule has 0 aromatic carbocycles. The number of likely N-dealkylation sites (N-methyl/N-ethyl adjacent to an activating group) is 1. The van der Waals surface area contributed by atoms with Gasteiger partial charge in [-0.1, -0.05) is 6.42 Å². The van der Waals surface area contributed by atoms with Gasteiger partial charge >= 0.3 is 0 Å². The maximum atomic E-state index is 11.4. The van der Waals surface area contributed by atoms with Crippen molar-refractivity contribution in [1.29, 1.82) is 0 Å². The highest BCUT2D eigenvalue weighted by Gasteiger charge is 2.53. The minimum atomic E-state index is -0.0154. The molecule has 3 aliphatic rings. The molecular formula is C16H24N4O. The van der Waals surface area contributed by atoms with Gasteiger partial charge in [0.25, 0.3) is 0 Å². The summed E-state index contributed by atoms with van der Waals surface area (Å²) >= 11 is 0. The van der Waals surface area contributed by atoms with Crippen LogP contribution in [0, 0.1) is 23.7 Å². The third-order valence-electron chi connectivity index (χ3n) is 6.00. The first-order valence-corrected chi connectivity index (χ1v) is 8.24. The van der Waals surface area contributed by atoms with E-state index in [1.165, 1.54) is 32.1 Å². The standard InChI is InChI=1S/C16H24N4O/c1-17-16(21)9-20-8-11(7-18-20)19-15-6-10-5-14(15)13-4-2-3-12(10)13/h7-8,10,12-15,19H,2-6,9H2,1H3,(H,17,21). The van der Waals surface area contributed by atoms with Crippen molar-refractivity contribution in [2.75, 3.05) is 12.4 Å². The summed E-state index contributed by atoms with van der Waals surface area (Å²) in [6, 6.07) is 0.618. The number of carbonyl (C=O) groups excluding carboxylic acids is 1. The monoisotopic (exact) mass is 288 g/mol. The van der Waals surface area contributed by atoms with E-state index in [4.69, 9.17) is 0 Å². The van der Waals surface area contributed by atoms with E-state index in [-0.39, 0.29) is 5.91 Å². The predicted octanol–water partition coefficient (Wildman–Crippen LogP) is 1.87. The second kappa shape index (κ2) is 5.04. The number of hydrogen-bond donors (Lipinski definition) is 2. The van der Waals surface area contributed by atoms with Gasteiger partial charge < -0.3 is 10.6 Å². The summed E-state index contributed by atoms with van der Waals surface area (Å²) in [6.07, 6.45) is 10.9. The van der Waals surface area contributed by atoms with Crippen LogP contribution in [0.25, 0.3) is 0 Å². The van der Waals surface area contributed by atoms with Crippen LogP contribution in [-0.4, -0.2) is 28.8 Å². The molecular weight excluding hydrogens is 264 g/mol. The molecule has 5 unspecified atom stereocenters. The number of rotatable bonds is 4. The van der Waals surface area contributed by atoms with Gasteiger partial charge in [-0.25, -0.2) is 0 Å². The number of hydrogen-bond acceptors (Lipinski definition) is 3. The van der Waals surface area contributed by atoms with E-state index in [9.17, 15) is 4.79 Å². The first-order valence-electron chi connectivity index (χ1n) is 8.24. The zero-order valence-corrected chi connectivity index (χ0v) is 12.6. The summed E-state index contributed by atoms with van der Waals surface area (Å²) in [5.41, 5.74) is 1.06. The quantitative estimate of drug-likeness (QED) is 0.889. The number of carbonyl (C=O) groups is 1. The topological polar surface area (TPSA) is 59.0 Å². The van der Waals surface area contributed by atoms with E-state index in [0.29, 0.717) is 12.6 Å². The third-order valence-corrected chi connectivity index (χ3v) is 6.00. The van der Waals surface area contributed by atoms with Crippen LogP contribution in [-0.2, 0) is 11.3 Å². The summed E-state index contributed by atoms with van der Waals surface area (Å²) in [7, 11) is 1.65. The zero-order valence-electron chi connectivity index (χ0n) is 12.6. The highest BCUT2D eigenvalue weighted by Crippen LogP contribution is 2.59. The van der Waals surface area contributed by atoms with Crippen LogP contribution < -0.4 is 10.6 Å². The molecule has 2 N–H and O–H groups in total.